The molecule has 1 aromatic rings. The van der Waals surface area contributed by atoms with Crippen molar-refractivity contribution in [2.75, 3.05) is 7.05 Å². The van der Waals surface area contributed by atoms with E-state index in [0.29, 0.717) is 6.04 Å². The van der Waals surface area contributed by atoms with E-state index in [1.807, 2.05) is 18.5 Å². The normalized spacial score (nSPS) is 13.0. The maximum absolute atomic E-state index is 4.15. The first-order valence-electron chi connectivity index (χ1n) is 6.28. The molecule has 0 aromatic carbocycles. The molecule has 0 saturated heterocycles. The first-order valence-corrected chi connectivity index (χ1v) is 6.28. The summed E-state index contributed by atoms with van der Waals surface area (Å²) in [7, 11) is 2.05. The van der Waals surface area contributed by atoms with Gasteiger partial charge >= 0.3 is 0 Å². The summed E-state index contributed by atoms with van der Waals surface area (Å²) in [6, 6.07) is 4.75. The molecule has 2 nitrogen and oxygen atoms in total. The summed E-state index contributed by atoms with van der Waals surface area (Å²) < 4.78 is 0. The lowest BCUT2D eigenvalue weighted by atomic mass is 9.99. The van der Waals surface area contributed by atoms with Crippen molar-refractivity contribution in [3.63, 3.8) is 0 Å². The predicted molar refractivity (Wildman–Crippen MR) is 69.5 cm³/mol. The molecule has 16 heavy (non-hydrogen) atoms. The highest BCUT2D eigenvalue weighted by atomic mass is 14.9. The number of hydrogen-bond acceptors (Lipinski definition) is 2. The zero-order chi connectivity index (χ0) is 11.8. The third-order valence-electron chi connectivity index (χ3n) is 2.95. The first kappa shape index (κ1) is 13.2. The monoisotopic (exact) mass is 220 g/mol. The van der Waals surface area contributed by atoms with Gasteiger partial charge in [-0.25, -0.2) is 0 Å². The van der Waals surface area contributed by atoms with Crippen molar-refractivity contribution in [3.05, 3.63) is 30.1 Å². The van der Waals surface area contributed by atoms with E-state index < -0.39 is 0 Å². The van der Waals surface area contributed by atoms with E-state index in [-0.39, 0.29) is 0 Å². The molecule has 0 aliphatic heterocycles. The van der Waals surface area contributed by atoms with Gasteiger partial charge in [-0.1, -0.05) is 32.8 Å². The first-order chi connectivity index (χ1) is 7.72. The van der Waals surface area contributed by atoms with Crippen LogP contribution in [0, 0.1) is 5.92 Å². The zero-order valence-corrected chi connectivity index (χ0v) is 10.7. The van der Waals surface area contributed by atoms with E-state index >= 15 is 0 Å². The van der Waals surface area contributed by atoms with Gasteiger partial charge in [0.25, 0.3) is 0 Å². The Kier molecular flexibility index (Phi) is 6.09. The fraction of sp³-hybridized carbons (Fsp3) is 0.643. The van der Waals surface area contributed by atoms with E-state index in [4.69, 9.17) is 0 Å². The molecule has 0 radical (unpaired) electrons. The van der Waals surface area contributed by atoms with Crippen LogP contribution in [-0.4, -0.2) is 18.1 Å². The molecule has 1 N–H and O–H groups in total. The summed E-state index contributed by atoms with van der Waals surface area (Å²) in [5.41, 5.74) is 1.33. The van der Waals surface area contributed by atoms with Gasteiger partial charge in [0, 0.05) is 18.4 Å². The molecule has 0 spiro atoms. The molecular formula is C14H24N2. The van der Waals surface area contributed by atoms with E-state index in [0.717, 1.165) is 12.3 Å². The Bertz CT molecular complexity index is 269. The molecular weight excluding hydrogens is 196 g/mol. The minimum absolute atomic E-state index is 0.586. The highest BCUT2D eigenvalue weighted by Crippen LogP contribution is 2.11. The molecule has 0 aliphatic rings. The highest BCUT2D eigenvalue weighted by molar-refractivity contribution is 5.10. The Morgan fingerprint density at radius 2 is 2.12 bits per heavy atom. The fourth-order valence-electron chi connectivity index (χ4n) is 1.92. The topological polar surface area (TPSA) is 24.9 Å². The van der Waals surface area contributed by atoms with Gasteiger partial charge in [-0.3, -0.25) is 4.98 Å². The standard InChI is InChI=1S/C14H24N2/c1-12(2)6-4-8-14(15-3)10-13-7-5-9-16-11-13/h5,7,9,11-12,14-15H,4,6,8,10H2,1-3H3. The van der Waals surface area contributed by atoms with Crippen LogP contribution < -0.4 is 5.32 Å². The lowest BCUT2D eigenvalue weighted by Gasteiger charge is -2.16. The van der Waals surface area contributed by atoms with Gasteiger partial charge in [-0.05, 0) is 37.4 Å². The van der Waals surface area contributed by atoms with Gasteiger partial charge in [-0.15, -0.1) is 0 Å². The molecule has 0 saturated carbocycles. The maximum atomic E-state index is 4.15. The lowest BCUT2D eigenvalue weighted by molar-refractivity contribution is 0.457. The van der Waals surface area contributed by atoms with Gasteiger partial charge < -0.3 is 5.32 Å². The number of nitrogens with one attached hydrogen (secondary N) is 1. The molecule has 2 heteroatoms. The van der Waals surface area contributed by atoms with Crippen LogP contribution in [0.5, 0.6) is 0 Å². The molecule has 0 bridgehead atoms. The van der Waals surface area contributed by atoms with Crippen LogP contribution >= 0.6 is 0 Å². The fourth-order valence-corrected chi connectivity index (χ4v) is 1.92. The maximum Gasteiger partial charge on any atom is 0.0300 e. The molecule has 1 aromatic heterocycles. The summed E-state index contributed by atoms with van der Waals surface area (Å²) in [5, 5.41) is 3.40. The van der Waals surface area contributed by atoms with Gasteiger partial charge in [-0.2, -0.15) is 0 Å². The summed E-state index contributed by atoms with van der Waals surface area (Å²) in [6.07, 6.45) is 8.77. The predicted octanol–water partition coefficient (Wildman–Crippen LogP) is 3.04. The number of likely N-dealkylation sites (N-methyl/N-ethyl adjacent to an activating group) is 1. The van der Waals surface area contributed by atoms with E-state index in [1.54, 1.807) is 0 Å². The summed E-state index contributed by atoms with van der Waals surface area (Å²) >= 11 is 0. The number of aromatic nitrogens is 1. The van der Waals surface area contributed by atoms with Crippen LogP contribution in [0.25, 0.3) is 0 Å². The summed E-state index contributed by atoms with van der Waals surface area (Å²) in [4.78, 5) is 4.15. The Labute approximate surface area is 99.5 Å². The second-order valence-electron chi connectivity index (χ2n) is 4.88. The third kappa shape index (κ3) is 5.26. The van der Waals surface area contributed by atoms with Gasteiger partial charge in [0.05, 0.1) is 0 Å². The van der Waals surface area contributed by atoms with Crippen molar-refractivity contribution in [3.8, 4) is 0 Å². The smallest absolute Gasteiger partial charge is 0.0300 e. The second-order valence-corrected chi connectivity index (χ2v) is 4.88. The Morgan fingerprint density at radius 1 is 1.31 bits per heavy atom. The van der Waals surface area contributed by atoms with E-state index in [2.05, 4.69) is 37.3 Å². The van der Waals surface area contributed by atoms with Crippen molar-refractivity contribution in [2.24, 2.45) is 5.92 Å². The van der Waals surface area contributed by atoms with Crippen LogP contribution in [0.1, 0.15) is 38.7 Å². The molecule has 1 heterocycles. The van der Waals surface area contributed by atoms with Gasteiger partial charge in [0.2, 0.25) is 0 Å². The third-order valence-corrected chi connectivity index (χ3v) is 2.95. The lowest BCUT2D eigenvalue weighted by Crippen LogP contribution is -2.27. The van der Waals surface area contributed by atoms with Crippen LogP contribution in [0.15, 0.2) is 24.5 Å². The molecule has 0 fully saturated rings. The largest absolute Gasteiger partial charge is 0.317 e. The van der Waals surface area contributed by atoms with Crippen molar-refractivity contribution in [2.45, 2.75) is 45.6 Å². The second kappa shape index (κ2) is 7.39. The quantitative estimate of drug-likeness (QED) is 0.764. The zero-order valence-electron chi connectivity index (χ0n) is 10.7. The average molecular weight is 220 g/mol. The number of nitrogens with zero attached hydrogens (tertiary/aromatic N) is 1. The van der Waals surface area contributed by atoms with Crippen molar-refractivity contribution in [1.82, 2.24) is 10.3 Å². The molecule has 1 atom stereocenters. The van der Waals surface area contributed by atoms with Gasteiger partial charge in [0.1, 0.15) is 0 Å². The van der Waals surface area contributed by atoms with Gasteiger partial charge in [0.15, 0.2) is 0 Å². The number of rotatable bonds is 7. The van der Waals surface area contributed by atoms with E-state index in [1.165, 1.54) is 24.8 Å². The molecule has 1 unspecified atom stereocenters. The average Bonchev–Trinajstić information content (AvgIpc) is 2.28. The minimum Gasteiger partial charge on any atom is -0.317 e. The number of hydrogen-bond donors (Lipinski definition) is 1. The van der Waals surface area contributed by atoms with E-state index in [9.17, 15) is 0 Å². The number of pyridine rings is 1. The van der Waals surface area contributed by atoms with Crippen LogP contribution in [0.3, 0.4) is 0 Å². The van der Waals surface area contributed by atoms with Crippen LogP contribution in [0.4, 0.5) is 0 Å². The SMILES string of the molecule is CNC(CCCC(C)C)Cc1cccnc1. The Hall–Kier alpha value is -0.890. The highest BCUT2D eigenvalue weighted by Gasteiger charge is 2.07. The van der Waals surface area contributed by atoms with Crippen molar-refractivity contribution in [1.29, 1.82) is 0 Å². The summed E-state index contributed by atoms with van der Waals surface area (Å²) in [5.74, 6) is 0.816. The Balaban J connectivity index is 2.32. The molecule has 90 valence electrons. The summed E-state index contributed by atoms with van der Waals surface area (Å²) in [6.45, 7) is 4.57. The Morgan fingerprint density at radius 3 is 2.69 bits per heavy atom. The van der Waals surface area contributed by atoms with Crippen molar-refractivity contribution < 1.29 is 0 Å². The van der Waals surface area contributed by atoms with Crippen LogP contribution in [0.2, 0.25) is 0 Å². The van der Waals surface area contributed by atoms with Crippen molar-refractivity contribution >= 4 is 0 Å². The molecule has 0 aliphatic carbocycles. The molecule has 0 amide bonds. The molecule has 1 rings (SSSR count). The van der Waals surface area contributed by atoms with Crippen LogP contribution in [-0.2, 0) is 6.42 Å². The minimum atomic E-state index is 0.586.